The maximum Gasteiger partial charge on any atom is 0.123 e. The lowest BCUT2D eigenvalue weighted by Crippen LogP contribution is -1.98. The van der Waals surface area contributed by atoms with Crippen LogP contribution in [-0.2, 0) is 13.5 Å². The van der Waals surface area contributed by atoms with Crippen LogP contribution in [0, 0.1) is 12.7 Å². The molecule has 0 spiro atoms. The summed E-state index contributed by atoms with van der Waals surface area (Å²) in [5, 5.41) is 4.56. The summed E-state index contributed by atoms with van der Waals surface area (Å²) >= 11 is 0. The lowest BCUT2D eigenvalue weighted by molar-refractivity contribution is 0.627. The van der Waals surface area contributed by atoms with E-state index in [1.807, 2.05) is 36.9 Å². The fourth-order valence-corrected chi connectivity index (χ4v) is 2.52. The molecule has 3 heteroatoms. The molecule has 3 rings (SSSR count). The normalized spacial score (nSPS) is 10.8. The van der Waals surface area contributed by atoms with E-state index < -0.39 is 0 Å². The minimum Gasteiger partial charge on any atom is -0.272 e. The fraction of sp³-hybridized carbons (Fsp3) is 0.167. The molecule has 0 saturated heterocycles. The molecule has 21 heavy (non-hydrogen) atoms. The van der Waals surface area contributed by atoms with E-state index in [2.05, 4.69) is 23.3 Å². The first kappa shape index (κ1) is 13.6. The number of hydrogen-bond acceptors (Lipinski definition) is 1. The number of hydrogen-bond donors (Lipinski definition) is 0. The molecule has 0 bridgehead atoms. The molecule has 0 N–H and O–H groups in total. The molecule has 106 valence electrons. The van der Waals surface area contributed by atoms with Gasteiger partial charge in [0.05, 0.1) is 5.69 Å². The van der Waals surface area contributed by atoms with Gasteiger partial charge in [-0.2, -0.15) is 5.10 Å². The molecule has 0 aliphatic rings. The Balaban J connectivity index is 1.94. The molecular weight excluding hydrogens is 263 g/mol. The van der Waals surface area contributed by atoms with Crippen LogP contribution in [-0.4, -0.2) is 9.78 Å². The van der Waals surface area contributed by atoms with Crippen molar-refractivity contribution in [3.8, 4) is 11.3 Å². The van der Waals surface area contributed by atoms with Crippen molar-refractivity contribution >= 4 is 0 Å². The van der Waals surface area contributed by atoms with Crippen molar-refractivity contribution < 1.29 is 4.39 Å². The first-order valence-corrected chi connectivity index (χ1v) is 6.97. The Morgan fingerprint density at radius 3 is 2.52 bits per heavy atom. The molecule has 3 aromatic rings. The van der Waals surface area contributed by atoms with Crippen LogP contribution < -0.4 is 0 Å². The van der Waals surface area contributed by atoms with Gasteiger partial charge in [-0.15, -0.1) is 0 Å². The summed E-state index contributed by atoms with van der Waals surface area (Å²) in [5.41, 5.74) is 5.16. The van der Waals surface area contributed by atoms with Crippen LogP contribution in [0.5, 0.6) is 0 Å². The molecule has 0 aliphatic heterocycles. The largest absolute Gasteiger partial charge is 0.272 e. The van der Waals surface area contributed by atoms with Gasteiger partial charge >= 0.3 is 0 Å². The highest BCUT2D eigenvalue weighted by Gasteiger charge is 2.10. The van der Waals surface area contributed by atoms with Gasteiger partial charge in [-0.3, -0.25) is 4.68 Å². The maximum absolute atomic E-state index is 13.2. The van der Waals surface area contributed by atoms with Gasteiger partial charge in [-0.25, -0.2) is 4.39 Å². The molecule has 0 fully saturated rings. The highest BCUT2D eigenvalue weighted by molar-refractivity contribution is 5.63. The van der Waals surface area contributed by atoms with Crippen molar-refractivity contribution in [2.24, 2.45) is 7.05 Å². The summed E-state index contributed by atoms with van der Waals surface area (Å²) in [5.74, 6) is -0.211. The Hall–Kier alpha value is -2.42. The SMILES string of the molecule is Cc1cc(F)ccc1-c1cc(Cc2ccccc2)n(C)n1. The Kier molecular flexibility index (Phi) is 3.57. The predicted molar refractivity (Wildman–Crippen MR) is 82.6 cm³/mol. The van der Waals surface area contributed by atoms with E-state index >= 15 is 0 Å². The Bertz CT molecular complexity index is 760. The van der Waals surface area contributed by atoms with Crippen LogP contribution in [0.3, 0.4) is 0 Å². The average molecular weight is 280 g/mol. The van der Waals surface area contributed by atoms with E-state index in [1.165, 1.54) is 11.6 Å². The first-order valence-electron chi connectivity index (χ1n) is 6.97. The Morgan fingerprint density at radius 1 is 1.05 bits per heavy atom. The molecule has 2 aromatic carbocycles. The third-order valence-electron chi connectivity index (χ3n) is 3.67. The number of aryl methyl sites for hydroxylation is 2. The van der Waals surface area contributed by atoms with Crippen molar-refractivity contribution in [1.82, 2.24) is 9.78 Å². The third-order valence-corrected chi connectivity index (χ3v) is 3.67. The van der Waals surface area contributed by atoms with Crippen LogP contribution in [0.1, 0.15) is 16.8 Å². The van der Waals surface area contributed by atoms with Gasteiger partial charge in [0.1, 0.15) is 5.82 Å². The molecule has 0 aliphatic carbocycles. The number of benzene rings is 2. The van der Waals surface area contributed by atoms with Gasteiger partial charge in [0, 0.05) is 24.7 Å². The predicted octanol–water partition coefficient (Wildman–Crippen LogP) is 4.13. The lowest BCUT2D eigenvalue weighted by atomic mass is 10.0. The summed E-state index contributed by atoms with van der Waals surface area (Å²) < 4.78 is 15.1. The maximum atomic E-state index is 13.2. The summed E-state index contributed by atoms with van der Waals surface area (Å²) in [6, 6.07) is 17.2. The summed E-state index contributed by atoms with van der Waals surface area (Å²) in [7, 11) is 1.95. The van der Waals surface area contributed by atoms with E-state index in [1.54, 1.807) is 12.1 Å². The quantitative estimate of drug-likeness (QED) is 0.705. The molecule has 2 nitrogen and oxygen atoms in total. The standard InChI is InChI=1S/C18H17FN2/c1-13-10-15(19)8-9-17(13)18-12-16(21(2)20-18)11-14-6-4-3-5-7-14/h3-10,12H,11H2,1-2H3. The molecule has 0 atom stereocenters. The summed E-state index contributed by atoms with van der Waals surface area (Å²) in [6.07, 6.45) is 0.838. The first-order chi connectivity index (χ1) is 10.1. The molecule has 1 heterocycles. The zero-order valence-corrected chi connectivity index (χ0v) is 12.2. The van der Waals surface area contributed by atoms with Crippen molar-refractivity contribution in [2.75, 3.05) is 0 Å². The highest BCUT2D eigenvalue weighted by Crippen LogP contribution is 2.24. The second kappa shape index (κ2) is 5.52. The molecule has 0 amide bonds. The fourth-order valence-electron chi connectivity index (χ4n) is 2.52. The van der Waals surface area contributed by atoms with E-state index in [9.17, 15) is 4.39 Å². The lowest BCUT2D eigenvalue weighted by Gasteiger charge is -2.01. The topological polar surface area (TPSA) is 17.8 Å². The summed E-state index contributed by atoms with van der Waals surface area (Å²) in [4.78, 5) is 0. The zero-order valence-electron chi connectivity index (χ0n) is 12.2. The molecule has 0 unspecified atom stereocenters. The van der Waals surface area contributed by atoms with Crippen LogP contribution >= 0.6 is 0 Å². The van der Waals surface area contributed by atoms with E-state index in [-0.39, 0.29) is 5.82 Å². The monoisotopic (exact) mass is 280 g/mol. The van der Waals surface area contributed by atoms with Gasteiger partial charge < -0.3 is 0 Å². The smallest absolute Gasteiger partial charge is 0.123 e. The number of halogens is 1. The van der Waals surface area contributed by atoms with Gasteiger partial charge in [0.2, 0.25) is 0 Å². The van der Waals surface area contributed by atoms with Crippen molar-refractivity contribution in [3.63, 3.8) is 0 Å². The highest BCUT2D eigenvalue weighted by atomic mass is 19.1. The van der Waals surface area contributed by atoms with Gasteiger partial charge in [0.15, 0.2) is 0 Å². The zero-order chi connectivity index (χ0) is 14.8. The van der Waals surface area contributed by atoms with Crippen molar-refractivity contribution in [3.05, 3.63) is 77.2 Å². The van der Waals surface area contributed by atoms with Crippen molar-refractivity contribution in [2.45, 2.75) is 13.3 Å². The number of rotatable bonds is 3. The molecule has 0 saturated carbocycles. The molecule has 0 radical (unpaired) electrons. The van der Waals surface area contributed by atoms with Crippen LogP contribution in [0.4, 0.5) is 4.39 Å². The van der Waals surface area contributed by atoms with E-state index in [4.69, 9.17) is 0 Å². The van der Waals surface area contributed by atoms with Crippen LogP contribution in [0.25, 0.3) is 11.3 Å². The Morgan fingerprint density at radius 2 is 1.81 bits per heavy atom. The second-order valence-corrected chi connectivity index (χ2v) is 5.27. The minimum absolute atomic E-state index is 0.211. The minimum atomic E-state index is -0.211. The average Bonchev–Trinajstić information content (AvgIpc) is 2.81. The van der Waals surface area contributed by atoms with E-state index in [0.717, 1.165) is 28.9 Å². The summed E-state index contributed by atoms with van der Waals surface area (Å²) in [6.45, 7) is 1.91. The molecule has 1 aromatic heterocycles. The second-order valence-electron chi connectivity index (χ2n) is 5.27. The third kappa shape index (κ3) is 2.87. The van der Waals surface area contributed by atoms with Crippen LogP contribution in [0.15, 0.2) is 54.6 Å². The van der Waals surface area contributed by atoms with Gasteiger partial charge in [-0.1, -0.05) is 30.3 Å². The van der Waals surface area contributed by atoms with Gasteiger partial charge in [0.25, 0.3) is 0 Å². The van der Waals surface area contributed by atoms with Gasteiger partial charge in [-0.05, 0) is 42.3 Å². The van der Waals surface area contributed by atoms with Crippen LogP contribution in [0.2, 0.25) is 0 Å². The van der Waals surface area contributed by atoms with E-state index in [0.29, 0.717) is 0 Å². The van der Waals surface area contributed by atoms with Crippen molar-refractivity contribution in [1.29, 1.82) is 0 Å². The Labute approximate surface area is 123 Å². The number of nitrogens with zero attached hydrogens (tertiary/aromatic N) is 2. The number of aromatic nitrogens is 2. The molecular formula is C18H17FN2.